The highest BCUT2D eigenvalue weighted by Gasteiger charge is 2.31. The standard InChI is InChI=1S/C29H35F3N8O/c1-28(2,35)9-8-19-12-20(14-22(13-19)29(30,31)32)24-15-21-17-40(27(41)39-25(21)38-24)23-6-4-18(5-7-23)16-36-10-3-11-37-26(33)34/h4-7,12-15,17,36H,3,8-11,16,35H2,1-2H3,(H4,33,34,37)(H,38,39,41). The van der Waals surface area contributed by atoms with E-state index < -0.39 is 23.0 Å². The van der Waals surface area contributed by atoms with Crippen molar-refractivity contribution in [2.75, 3.05) is 13.1 Å². The first kappa shape index (κ1) is 29.8. The van der Waals surface area contributed by atoms with Gasteiger partial charge in [-0.2, -0.15) is 18.2 Å². The zero-order valence-electron chi connectivity index (χ0n) is 23.0. The Balaban J connectivity index is 1.55. The lowest BCUT2D eigenvalue weighted by atomic mass is 9.94. The molecule has 0 unspecified atom stereocenters. The first-order valence-corrected chi connectivity index (χ1v) is 13.3. The van der Waals surface area contributed by atoms with E-state index in [2.05, 4.69) is 20.6 Å². The largest absolute Gasteiger partial charge is 0.416 e. The van der Waals surface area contributed by atoms with Crippen LogP contribution in [0.3, 0.4) is 0 Å². The van der Waals surface area contributed by atoms with Crippen LogP contribution in [0.1, 0.15) is 43.4 Å². The third-order valence-corrected chi connectivity index (χ3v) is 6.59. The molecule has 218 valence electrons. The quantitative estimate of drug-likeness (QED) is 0.0914. The number of nitrogens with zero attached hydrogens (tertiary/aromatic N) is 2. The molecule has 0 radical (unpaired) electrons. The molecule has 2 heterocycles. The molecule has 4 rings (SSSR count). The van der Waals surface area contributed by atoms with E-state index in [4.69, 9.17) is 16.9 Å². The van der Waals surface area contributed by atoms with E-state index in [0.29, 0.717) is 59.5 Å². The van der Waals surface area contributed by atoms with Crippen molar-refractivity contribution in [1.82, 2.24) is 25.2 Å². The van der Waals surface area contributed by atoms with Crippen molar-refractivity contribution in [3.05, 3.63) is 81.9 Å². The zero-order valence-corrected chi connectivity index (χ0v) is 23.0. The number of fused-ring (bicyclic) bond motifs is 1. The van der Waals surface area contributed by atoms with Crippen LogP contribution in [0.25, 0.3) is 28.0 Å². The van der Waals surface area contributed by atoms with E-state index in [9.17, 15) is 18.0 Å². The monoisotopic (exact) mass is 568 g/mol. The fraction of sp³-hybridized carbons (Fsp3) is 0.345. The predicted molar refractivity (Wildman–Crippen MR) is 155 cm³/mol. The van der Waals surface area contributed by atoms with Crippen LogP contribution in [0.5, 0.6) is 0 Å². The molecule has 4 aromatic rings. The molecule has 2 aromatic heterocycles. The van der Waals surface area contributed by atoms with E-state index in [-0.39, 0.29) is 5.96 Å². The molecule has 0 amide bonds. The second-order valence-corrected chi connectivity index (χ2v) is 10.8. The fourth-order valence-corrected chi connectivity index (χ4v) is 4.40. The first-order chi connectivity index (χ1) is 19.3. The highest BCUT2D eigenvalue weighted by atomic mass is 19.4. The van der Waals surface area contributed by atoms with Gasteiger partial charge in [-0.1, -0.05) is 12.1 Å². The van der Waals surface area contributed by atoms with Crippen LogP contribution < -0.4 is 27.8 Å². The summed E-state index contributed by atoms with van der Waals surface area (Å²) in [5.41, 5.74) is 12.8. The Morgan fingerprint density at radius 1 is 1.07 bits per heavy atom. The fourth-order valence-electron chi connectivity index (χ4n) is 4.40. The SMILES string of the molecule is CC(C)(N)CCc1cc(-c2cc3cn(-c4ccc(CNCCCNC(=N)N)cc4)c(=O)nc3[nH]2)cc(C(F)(F)F)c1. The Morgan fingerprint density at radius 2 is 1.80 bits per heavy atom. The lowest BCUT2D eigenvalue weighted by Gasteiger charge is -2.19. The number of nitrogens with one attached hydrogen (secondary N) is 4. The van der Waals surface area contributed by atoms with Crippen molar-refractivity contribution in [2.45, 2.75) is 51.4 Å². The van der Waals surface area contributed by atoms with Crippen LogP contribution in [-0.4, -0.2) is 39.1 Å². The molecule has 0 fully saturated rings. The molecule has 0 spiro atoms. The Morgan fingerprint density at radius 3 is 2.46 bits per heavy atom. The number of hydrogen-bond acceptors (Lipinski definition) is 5. The van der Waals surface area contributed by atoms with Gasteiger partial charge in [-0.15, -0.1) is 0 Å². The number of aryl methyl sites for hydroxylation is 1. The van der Waals surface area contributed by atoms with Crippen LogP contribution in [0.15, 0.2) is 59.5 Å². The molecular formula is C29H35F3N8O. The van der Waals surface area contributed by atoms with Crippen LogP contribution >= 0.6 is 0 Å². The van der Waals surface area contributed by atoms with E-state index in [1.165, 1.54) is 4.57 Å². The van der Waals surface area contributed by atoms with E-state index in [1.54, 1.807) is 18.3 Å². The van der Waals surface area contributed by atoms with Crippen molar-refractivity contribution >= 4 is 17.0 Å². The summed E-state index contributed by atoms with van der Waals surface area (Å²) in [6.07, 6.45) is -1.15. The minimum atomic E-state index is -4.51. The van der Waals surface area contributed by atoms with Crippen LogP contribution in [0.4, 0.5) is 13.2 Å². The normalized spacial score (nSPS) is 12.1. The Kier molecular flexibility index (Phi) is 8.83. The van der Waals surface area contributed by atoms with Gasteiger partial charge in [-0.25, -0.2) is 4.79 Å². The van der Waals surface area contributed by atoms with Gasteiger partial charge in [0.25, 0.3) is 0 Å². The van der Waals surface area contributed by atoms with Crippen molar-refractivity contribution in [1.29, 1.82) is 5.41 Å². The van der Waals surface area contributed by atoms with Gasteiger partial charge < -0.3 is 27.1 Å². The number of nitrogens with two attached hydrogens (primary N) is 2. The van der Waals surface area contributed by atoms with Gasteiger partial charge in [0.05, 0.1) is 11.3 Å². The third-order valence-electron chi connectivity index (χ3n) is 6.59. The minimum Gasteiger partial charge on any atom is -0.370 e. The summed E-state index contributed by atoms with van der Waals surface area (Å²) in [6.45, 7) is 5.67. The zero-order chi connectivity index (χ0) is 29.8. The average Bonchev–Trinajstić information content (AvgIpc) is 3.31. The van der Waals surface area contributed by atoms with Gasteiger partial charge in [0.2, 0.25) is 0 Å². The lowest BCUT2D eigenvalue weighted by molar-refractivity contribution is -0.137. The number of rotatable bonds is 11. The molecule has 0 saturated carbocycles. The summed E-state index contributed by atoms with van der Waals surface area (Å²) in [5.74, 6) is -0.0494. The Labute approximate surface area is 235 Å². The number of aromatic amines is 1. The number of halogens is 3. The van der Waals surface area contributed by atoms with Gasteiger partial charge in [0.15, 0.2) is 5.96 Å². The van der Waals surface area contributed by atoms with E-state index >= 15 is 0 Å². The number of hydrogen-bond donors (Lipinski definition) is 6. The number of H-pyrrole nitrogens is 1. The second kappa shape index (κ2) is 12.1. The first-order valence-electron chi connectivity index (χ1n) is 13.3. The molecule has 8 N–H and O–H groups in total. The smallest absolute Gasteiger partial charge is 0.370 e. The molecule has 41 heavy (non-hydrogen) atoms. The van der Waals surface area contributed by atoms with Crippen molar-refractivity contribution in [3.8, 4) is 16.9 Å². The maximum atomic E-state index is 13.7. The predicted octanol–water partition coefficient (Wildman–Crippen LogP) is 4.03. The van der Waals surface area contributed by atoms with Gasteiger partial charge in [-0.3, -0.25) is 9.98 Å². The second-order valence-electron chi connectivity index (χ2n) is 10.8. The number of benzene rings is 2. The summed E-state index contributed by atoms with van der Waals surface area (Å²) in [5, 5.41) is 13.8. The summed E-state index contributed by atoms with van der Waals surface area (Å²) >= 11 is 0. The molecule has 0 aliphatic carbocycles. The van der Waals surface area contributed by atoms with Crippen molar-refractivity contribution < 1.29 is 13.2 Å². The van der Waals surface area contributed by atoms with Crippen LogP contribution in [0, 0.1) is 5.41 Å². The third kappa shape index (κ3) is 8.18. The number of aromatic nitrogens is 3. The van der Waals surface area contributed by atoms with Gasteiger partial charge in [0.1, 0.15) is 5.65 Å². The molecule has 0 bridgehead atoms. The molecule has 0 saturated heterocycles. The maximum absolute atomic E-state index is 13.7. The molecule has 2 aromatic carbocycles. The van der Waals surface area contributed by atoms with Gasteiger partial charge in [0, 0.05) is 35.9 Å². The maximum Gasteiger partial charge on any atom is 0.416 e. The summed E-state index contributed by atoms with van der Waals surface area (Å²) in [4.78, 5) is 20.0. The van der Waals surface area contributed by atoms with E-state index in [1.807, 2.05) is 38.1 Å². The molecular weight excluding hydrogens is 533 g/mol. The minimum absolute atomic E-state index is 0.0494. The molecule has 0 aliphatic heterocycles. The topological polar surface area (TPSA) is 151 Å². The summed E-state index contributed by atoms with van der Waals surface area (Å²) in [7, 11) is 0. The van der Waals surface area contributed by atoms with Gasteiger partial charge in [-0.05, 0) is 92.7 Å². The van der Waals surface area contributed by atoms with E-state index in [0.717, 1.165) is 30.7 Å². The lowest BCUT2D eigenvalue weighted by Crippen LogP contribution is -2.32. The molecule has 0 aliphatic rings. The molecule has 9 nitrogen and oxygen atoms in total. The highest BCUT2D eigenvalue weighted by molar-refractivity contribution is 5.82. The number of alkyl halides is 3. The van der Waals surface area contributed by atoms with Crippen molar-refractivity contribution in [3.63, 3.8) is 0 Å². The Hall–Kier alpha value is -4.16. The molecule has 12 heteroatoms. The Bertz CT molecular complexity index is 1570. The van der Waals surface area contributed by atoms with Crippen LogP contribution in [0.2, 0.25) is 0 Å². The number of guanidine groups is 1. The highest BCUT2D eigenvalue weighted by Crippen LogP contribution is 2.34. The average molecular weight is 569 g/mol. The van der Waals surface area contributed by atoms with Crippen molar-refractivity contribution in [2.24, 2.45) is 11.5 Å². The van der Waals surface area contributed by atoms with Gasteiger partial charge >= 0.3 is 11.9 Å². The summed E-state index contributed by atoms with van der Waals surface area (Å²) in [6, 6.07) is 13.1. The van der Waals surface area contributed by atoms with Crippen LogP contribution in [-0.2, 0) is 19.1 Å². The molecule has 0 atom stereocenters. The summed E-state index contributed by atoms with van der Waals surface area (Å²) < 4.78 is 42.5.